The van der Waals surface area contributed by atoms with Crippen LogP contribution in [-0.2, 0) is 4.74 Å². The summed E-state index contributed by atoms with van der Waals surface area (Å²) in [6.45, 7) is 0. The summed E-state index contributed by atoms with van der Waals surface area (Å²) >= 11 is 3.49. The number of hydrogen-bond acceptors (Lipinski definition) is 2. The summed E-state index contributed by atoms with van der Waals surface area (Å²) in [4.78, 5) is 12.2. The van der Waals surface area contributed by atoms with Crippen LogP contribution in [0.5, 0.6) is 0 Å². The van der Waals surface area contributed by atoms with Gasteiger partial charge in [0, 0.05) is 4.47 Å². The Morgan fingerprint density at radius 2 is 1.42 bits per heavy atom. The molecule has 0 N–H and O–H groups in total. The van der Waals surface area contributed by atoms with Crippen LogP contribution in [0.25, 0.3) is 0 Å². The van der Waals surface area contributed by atoms with Crippen LogP contribution in [0.3, 0.4) is 0 Å². The lowest BCUT2D eigenvalue weighted by Crippen LogP contribution is -2.25. The highest BCUT2D eigenvalue weighted by atomic mass is 79.9. The van der Waals surface area contributed by atoms with Crippen molar-refractivity contribution in [3.8, 4) is 0 Å². The number of carbonyl (C=O) groups excluding carboxylic acids is 1. The largest absolute Gasteiger partial charge is 0.465 e. The van der Waals surface area contributed by atoms with Crippen molar-refractivity contribution in [2.24, 2.45) is 0 Å². The Kier molecular flexibility index (Phi) is 5.44. The Hall–Kier alpha value is -1.96. The zero-order valence-electron chi connectivity index (χ0n) is 13.2. The lowest BCUT2D eigenvalue weighted by Gasteiger charge is -2.13. The molecule has 0 amide bonds. The van der Waals surface area contributed by atoms with Crippen LogP contribution >= 0.6 is 23.9 Å². The second-order valence-corrected chi connectivity index (χ2v) is 8.64. The molecule has 24 heavy (non-hydrogen) atoms. The molecule has 0 spiro atoms. The zero-order chi connectivity index (χ0) is 16.9. The second-order valence-electron chi connectivity index (χ2n) is 5.29. The van der Waals surface area contributed by atoms with Crippen molar-refractivity contribution >= 4 is 45.7 Å². The van der Waals surface area contributed by atoms with E-state index in [-0.39, 0.29) is 5.97 Å². The van der Waals surface area contributed by atoms with E-state index >= 15 is 0 Å². The molecule has 120 valence electrons. The molecule has 2 nitrogen and oxygen atoms in total. The van der Waals surface area contributed by atoms with Crippen LogP contribution in [-0.4, -0.2) is 13.1 Å². The van der Waals surface area contributed by atoms with E-state index in [1.54, 1.807) is 0 Å². The summed E-state index contributed by atoms with van der Waals surface area (Å²) in [5.74, 6) is -0.291. The fourth-order valence-corrected chi connectivity index (χ4v) is 5.65. The van der Waals surface area contributed by atoms with Gasteiger partial charge < -0.3 is 4.74 Å². The van der Waals surface area contributed by atoms with Gasteiger partial charge in [-0.05, 0) is 48.5 Å². The van der Waals surface area contributed by atoms with Gasteiger partial charge >= 0.3 is 5.97 Å². The molecule has 0 saturated heterocycles. The minimum atomic E-state index is -1.30. The Balaban J connectivity index is 2.20. The SMILES string of the molecule is COC(=O)c1ccccc1[PH+](c1ccccc1)c1ccc(Br)cc1. The van der Waals surface area contributed by atoms with Crippen LogP contribution in [0.1, 0.15) is 10.4 Å². The standard InChI is InChI=1S/C20H16BrO2P/c1-23-20(22)18-9-5-6-10-19(18)24(16-7-3-2-4-8-16)17-13-11-15(21)12-14-17/h2-14H,1H3/p+1. The van der Waals surface area contributed by atoms with Crippen LogP contribution < -0.4 is 15.9 Å². The fraction of sp³-hybridized carbons (Fsp3) is 0.0500. The molecular formula is C20H17BrO2P+. The summed E-state index contributed by atoms with van der Waals surface area (Å²) in [6.07, 6.45) is 0. The van der Waals surface area contributed by atoms with E-state index in [0.29, 0.717) is 5.56 Å². The van der Waals surface area contributed by atoms with Crippen LogP contribution in [0.2, 0.25) is 0 Å². The molecule has 1 unspecified atom stereocenters. The lowest BCUT2D eigenvalue weighted by atomic mass is 10.2. The number of halogens is 1. The van der Waals surface area contributed by atoms with Crippen molar-refractivity contribution in [1.82, 2.24) is 0 Å². The van der Waals surface area contributed by atoms with Gasteiger partial charge in [0.1, 0.15) is 21.5 Å². The number of rotatable bonds is 4. The molecular weight excluding hydrogens is 383 g/mol. The van der Waals surface area contributed by atoms with E-state index in [1.807, 2.05) is 54.6 Å². The van der Waals surface area contributed by atoms with Crippen LogP contribution in [0.15, 0.2) is 83.3 Å². The third kappa shape index (κ3) is 3.58. The molecule has 0 aliphatic heterocycles. The van der Waals surface area contributed by atoms with Gasteiger partial charge in [-0.3, -0.25) is 0 Å². The monoisotopic (exact) mass is 399 g/mol. The van der Waals surface area contributed by atoms with E-state index in [4.69, 9.17) is 4.74 Å². The Bertz CT molecular complexity index is 832. The van der Waals surface area contributed by atoms with Crippen molar-refractivity contribution < 1.29 is 9.53 Å². The Morgan fingerprint density at radius 1 is 0.833 bits per heavy atom. The summed E-state index contributed by atoms with van der Waals surface area (Å²) < 4.78 is 6.03. The van der Waals surface area contributed by atoms with Crippen molar-refractivity contribution in [2.45, 2.75) is 0 Å². The van der Waals surface area contributed by atoms with Gasteiger partial charge in [0.25, 0.3) is 0 Å². The van der Waals surface area contributed by atoms with E-state index in [0.717, 1.165) is 9.78 Å². The van der Waals surface area contributed by atoms with E-state index < -0.39 is 7.92 Å². The normalized spacial score (nSPS) is 11.8. The third-order valence-electron chi connectivity index (χ3n) is 3.80. The molecule has 0 aromatic heterocycles. The first-order chi connectivity index (χ1) is 11.7. The fourth-order valence-electron chi connectivity index (χ4n) is 2.69. The predicted octanol–water partition coefficient (Wildman–Crippen LogP) is 3.73. The highest BCUT2D eigenvalue weighted by Crippen LogP contribution is 2.34. The van der Waals surface area contributed by atoms with Crippen LogP contribution in [0.4, 0.5) is 0 Å². The summed E-state index contributed by atoms with van der Waals surface area (Å²) in [6, 6.07) is 26.4. The molecule has 3 aromatic carbocycles. The van der Waals surface area contributed by atoms with Crippen LogP contribution in [0, 0.1) is 0 Å². The van der Waals surface area contributed by atoms with Gasteiger partial charge in [0.2, 0.25) is 0 Å². The molecule has 3 aromatic rings. The highest BCUT2D eigenvalue weighted by Gasteiger charge is 2.30. The number of benzene rings is 3. The zero-order valence-corrected chi connectivity index (χ0v) is 15.8. The molecule has 3 rings (SSSR count). The average Bonchev–Trinajstić information content (AvgIpc) is 2.64. The maximum atomic E-state index is 12.2. The van der Waals surface area contributed by atoms with Crippen molar-refractivity contribution in [2.75, 3.05) is 7.11 Å². The number of methoxy groups -OCH3 is 1. The number of hydrogen-bond donors (Lipinski definition) is 0. The predicted molar refractivity (Wildman–Crippen MR) is 106 cm³/mol. The quantitative estimate of drug-likeness (QED) is 0.493. The van der Waals surface area contributed by atoms with E-state index in [9.17, 15) is 4.79 Å². The molecule has 0 aliphatic carbocycles. The first-order valence-corrected chi connectivity index (χ1v) is 9.86. The second kappa shape index (κ2) is 7.74. The van der Waals surface area contributed by atoms with Crippen molar-refractivity contribution in [3.63, 3.8) is 0 Å². The van der Waals surface area contributed by atoms with E-state index in [1.165, 1.54) is 17.7 Å². The van der Waals surface area contributed by atoms with E-state index in [2.05, 4.69) is 40.2 Å². The Labute approximate surface area is 151 Å². The van der Waals surface area contributed by atoms with Gasteiger partial charge in [-0.15, -0.1) is 0 Å². The average molecular weight is 400 g/mol. The molecule has 4 heteroatoms. The third-order valence-corrected chi connectivity index (χ3v) is 7.12. The molecule has 0 saturated carbocycles. The molecule has 0 bridgehead atoms. The summed E-state index contributed by atoms with van der Waals surface area (Å²) in [5.41, 5.74) is 0.640. The van der Waals surface area contributed by atoms with Crippen molar-refractivity contribution in [1.29, 1.82) is 0 Å². The first kappa shape index (κ1) is 16.9. The van der Waals surface area contributed by atoms with Gasteiger partial charge in [-0.1, -0.05) is 46.3 Å². The van der Waals surface area contributed by atoms with Gasteiger partial charge in [-0.2, -0.15) is 0 Å². The summed E-state index contributed by atoms with van der Waals surface area (Å²) in [7, 11) is 0.125. The number of ether oxygens (including phenoxy) is 1. The molecule has 0 radical (unpaired) electrons. The maximum absolute atomic E-state index is 12.2. The topological polar surface area (TPSA) is 26.3 Å². The van der Waals surface area contributed by atoms with Gasteiger partial charge in [0.05, 0.1) is 15.0 Å². The van der Waals surface area contributed by atoms with Gasteiger partial charge in [0.15, 0.2) is 0 Å². The first-order valence-electron chi connectivity index (χ1n) is 7.56. The molecule has 0 heterocycles. The molecule has 0 fully saturated rings. The summed E-state index contributed by atoms with van der Waals surface area (Å²) in [5, 5.41) is 3.51. The smallest absolute Gasteiger partial charge is 0.341 e. The minimum absolute atomic E-state index is 0.291. The lowest BCUT2D eigenvalue weighted by molar-refractivity contribution is 0.0602. The number of carbonyl (C=O) groups is 1. The maximum Gasteiger partial charge on any atom is 0.341 e. The highest BCUT2D eigenvalue weighted by molar-refractivity contribution is 9.10. The molecule has 0 aliphatic rings. The van der Waals surface area contributed by atoms with Gasteiger partial charge in [-0.25, -0.2) is 4.79 Å². The number of esters is 1. The van der Waals surface area contributed by atoms with Crippen molar-refractivity contribution in [3.05, 3.63) is 88.9 Å². The Morgan fingerprint density at radius 3 is 2.08 bits per heavy atom. The molecule has 1 atom stereocenters. The minimum Gasteiger partial charge on any atom is -0.465 e.